The van der Waals surface area contributed by atoms with Crippen LogP contribution in [0.15, 0.2) is 4.99 Å². The number of aryl methyl sites for hydroxylation is 2. The first kappa shape index (κ1) is 21.6. The van der Waals surface area contributed by atoms with Gasteiger partial charge in [-0.05, 0) is 33.1 Å². The van der Waals surface area contributed by atoms with Crippen molar-refractivity contribution in [2.24, 2.45) is 10.9 Å². The van der Waals surface area contributed by atoms with Crippen LogP contribution in [-0.2, 0) is 6.54 Å². The fourth-order valence-electron chi connectivity index (χ4n) is 2.23. The van der Waals surface area contributed by atoms with E-state index in [2.05, 4.69) is 48.3 Å². The fraction of sp³-hybridized carbons (Fsp3) is 0.750. The number of thiazole rings is 1. The highest BCUT2D eigenvalue weighted by Crippen LogP contribution is 2.16. The minimum atomic E-state index is 0. The van der Waals surface area contributed by atoms with E-state index >= 15 is 0 Å². The molecule has 0 bridgehead atoms. The molecule has 1 heterocycles. The maximum absolute atomic E-state index is 4.45. The number of hydrogen-bond donors (Lipinski definition) is 2. The number of nitrogens with zero attached hydrogens (tertiary/aromatic N) is 2. The van der Waals surface area contributed by atoms with Crippen molar-refractivity contribution in [3.8, 4) is 0 Å². The van der Waals surface area contributed by atoms with Gasteiger partial charge in [-0.1, -0.05) is 26.7 Å². The van der Waals surface area contributed by atoms with Crippen molar-refractivity contribution in [3.05, 3.63) is 15.6 Å². The van der Waals surface area contributed by atoms with Crippen LogP contribution >= 0.6 is 35.3 Å². The van der Waals surface area contributed by atoms with Gasteiger partial charge in [0.1, 0.15) is 0 Å². The lowest BCUT2D eigenvalue weighted by atomic mass is 10.0. The van der Waals surface area contributed by atoms with Gasteiger partial charge in [-0.2, -0.15) is 0 Å². The second-order valence-electron chi connectivity index (χ2n) is 6.04. The monoisotopic (exact) mass is 438 g/mol. The second kappa shape index (κ2) is 11.2. The van der Waals surface area contributed by atoms with E-state index in [1.165, 1.54) is 24.1 Å². The summed E-state index contributed by atoms with van der Waals surface area (Å²) in [5.41, 5.74) is 1.12. The third-order valence-corrected chi connectivity index (χ3v) is 4.51. The highest BCUT2D eigenvalue weighted by atomic mass is 127. The minimum Gasteiger partial charge on any atom is -0.354 e. The Morgan fingerprint density at radius 3 is 2.41 bits per heavy atom. The third-order valence-electron chi connectivity index (χ3n) is 3.44. The molecule has 2 N–H and O–H groups in total. The van der Waals surface area contributed by atoms with Crippen molar-refractivity contribution in [2.45, 2.75) is 66.5 Å². The van der Waals surface area contributed by atoms with Crippen LogP contribution in [-0.4, -0.2) is 24.0 Å². The van der Waals surface area contributed by atoms with Gasteiger partial charge in [0.25, 0.3) is 0 Å². The zero-order valence-corrected chi connectivity index (χ0v) is 17.8. The number of nitrogens with one attached hydrogen (secondary N) is 2. The quantitative estimate of drug-likeness (QED) is 0.380. The molecule has 0 spiro atoms. The molecule has 0 aliphatic carbocycles. The Hall–Kier alpha value is -0.370. The van der Waals surface area contributed by atoms with Crippen LogP contribution < -0.4 is 10.6 Å². The number of aliphatic imine (C=N–C) groups is 1. The van der Waals surface area contributed by atoms with Crippen LogP contribution in [0, 0.1) is 19.8 Å². The molecule has 0 aliphatic heterocycles. The predicted molar refractivity (Wildman–Crippen MR) is 108 cm³/mol. The molecule has 0 aromatic carbocycles. The van der Waals surface area contributed by atoms with E-state index in [9.17, 15) is 0 Å². The molecule has 6 heteroatoms. The molecule has 128 valence electrons. The van der Waals surface area contributed by atoms with Gasteiger partial charge in [-0.15, -0.1) is 35.3 Å². The molecule has 1 aromatic heterocycles. The molecule has 0 saturated carbocycles. The van der Waals surface area contributed by atoms with Crippen molar-refractivity contribution in [3.63, 3.8) is 0 Å². The van der Waals surface area contributed by atoms with Gasteiger partial charge in [0.05, 0.1) is 17.2 Å². The molecule has 1 aromatic rings. The first-order valence-corrected chi connectivity index (χ1v) is 8.64. The molecule has 1 atom stereocenters. The number of halogens is 1. The van der Waals surface area contributed by atoms with Gasteiger partial charge in [-0.3, -0.25) is 4.99 Å². The minimum absolute atomic E-state index is 0. The summed E-state index contributed by atoms with van der Waals surface area (Å²) in [6.45, 7) is 11.7. The lowest BCUT2D eigenvalue weighted by Gasteiger charge is -2.18. The van der Waals surface area contributed by atoms with Crippen molar-refractivity contribution in [1.82, 2.24) is 15.6 Å². The molecular formula is C16H31IN4S. The topological polar surface area (TPSA) is 49.3 Å². The predicted octanol–water partition coefficient (Wildman–Crippen LogP) is 4.26. The summed E-state index contributed by atoms with van der Waals surface area (Å²) in [5, 5.41) is 7.96. The Labute approximate surface area is 156 Å². The number of hydrogen-bond acceptors (Lipinski definition) is 3. The van der Waals surface area contributed by atoms with E-state index in [1.54, 1.807) is 11.3 Å². The van der Waals surface area contributed by atoms with Crippen LogP contribution in [0.3, 0.4) is 0 Å². The van der Waals surface area contributed by atoms with E-state index in [4.69, 9.17) is 0 Å². The molecule has 1 unspecified atom stereocenters. The first-order chi connectivity index (χ1) is 9.92. The van der Waals surface area contributed by atoms with Gasteiger partial charge >= 0.3 is 0 Å². The Kier molecular flexibility index (Phi) is 11.0. The molecule has 0 fully saturated rings. The largest absolute Gasteiger partial charge is 0.354 e. The molecule has 0 radical (unpaired) electrons. The molecule has 0 saturated heterocycles. The van der Waals surface area contributed by atoms with Gasteiger partial charge in [0.15, 0.2) is 5.96 Å². The van der Waals surface area contributed by atoms with E-state index in [1.807, 2.05) is 14.0 Å². The summed E-state index contributed by atoms with van der Waals surface area (Å²) >= 11 is 1.75. The number of aromatic nitrogens is 1. The molecule has 4 nitrogen and oxygen atoms in total. The summed E-state index contributed by atoms with van der Waals surface area (Å²) in [6, 6.07) is 0.444. The lowest BCUT2D eigenvalue weighted by molar-refractivity contribution is 0.491. The summed E-state index contributed by atoms with van der Waals surface area (Å²) in [6.07, 6.45) is 3.73. The van der Waals surface area contributed by atoms with Crippen molar-refractivity contribution < 1.29 is 0 Å². The van der Waals surface area contributed by atoms with E-state index in [-0.39, 0.29) is 24.0 Å². The number of guanidine groups is 1. The molecule has 22 heavy (non-hydrogen) atoms. The first-order valence-electron chi connectivity index (χ1n) is 7.82. The Balaban J connectivity index is 0.00000441. The van der Waals surface area contributed by atoms with Crippen LogP contribution in [0.25, 0.3) is 0 Å². The standard InChI is InChI=1S/C16H30N4S.HI/c1-11(2)8-7-9-12(3)19-16(17-6)18-10-15-13(4)20-14(5)21-15;/h11-12H,7-10H2,1-6H3,(H2,17,18,19);1H. The fourth-order valence-corrected chi connectivity index (χ4v) is 3.11. The van der Waals surface area contributed by atoms with Crippen LogP contribution in [0.2, 0.25) is 0 Å². The molecule has 0 aliphatic rings. The normalized spacial score (nSPS) is 13.0. The smallest absolute Gasteiger partial charge is 0.191 e. The summed E-state index contributed by atoms with van der Waals surface area (Å²) in [5.74, 6) is 1.66. The Morgan fingerprint density at radius 1 is 1.23 bits per heavy atom. The highest BCUT2D eigenvalue weighted by molar-refractivity contribution is 14.0. The summed E-state index contributed by atoms with van der Waals surface area (Å²) in [7, 11) is 1.82. The average molecular weight is 438 g/mol. The van der Waals surface area contributed by atoms with Crippen molar-refractivity contribution in [2.75, 3.05) is 7.05 Å². The SMILES string of the molecule is CN=C(NCc1sc(C)nc1C)NC(C)CCCC(C)C.I. The third kappa shape index (κ3) is 8.31. The molecule has 1 rings (SSSR count). The van der Waals surface area contributed by atoms with Gasteiger partial charge in [0.2, 0.25) is 0 Å². The summed E-state index contributed by atoms with van der Waals surface area (Å²) in [4.78, 5) is 10.0. The average Bonchev–Trinajstić information content (AvgIpc) is 2.72. The zero-order valence-electron chi connectivity index (χ0n) is 14.7. The molecular weight excluding hydrogens is 407 g/mol. The van der Waals surface area contributed by atoms with Crippen LogP contribution in [0.1, 0.15) is 55.6 Å². The van der Waals surface area contributed by atoms with E-state index < -0.39 is 0 Å². The van der Waals surface area contributed by atoms with Crippen molar-refractivity contribution >= 4 is 41.3 Å². The Bertz CT molecular complexity index is 457. The van der Waals surface area contributed by atoms with Gasteiger partial charge < -0.3 is 10.6 Å². The second-order valence-corrected chi connectivity index (χ2v) is 7.33. The van der Waals surface area contributed by atoms with Gasteiger partial charge in [0, 0.05) is 18.0 Å². The van der Waals surface area contributed by atoms with Crippen LogP contribution in [0.5, 0.6) is 0 Å². The maximum atomic E-state index is 4.45. The van der Waals surface area contributed by atoms with Crippen molar-refractivity contribution in [1.29, 1.82) is 0 Å². The van der Waals surface area contributed by atoms with Crippen LogP contribution in [0.4, 0.5) is 0 Å². The zero-order chi connectivity index (χ0) is 15.8. The Morgan fingerprint density at radius 2 is 1.91 bits per heavy atom. The number of rotatable bonds is 7. The lowest BCUT2D eigenvalue weighted by Crippen LogP contribution is -2.41. The van der Waals surface area contributed by atoms with E-state index in [0.29, 0.717) is 6.04 Å². The van der Waals surface area contributed by atoms with Gasteiger partial charge in [-0.25, -0.2) is 4.98 Å². The molecule has 0 amide bonds. The van der Waals surface area contributed by atoms with E-state index in [0.717, 1.165) is 29.1 Å². The maximum Gasteiger partial charge on any atom is 0.191 e. The highest BCUT2D eigenvalue weighted by Gasteiger charge is 2.08. The summed E-state index contributed by atoms with van der Waals surface area (Å²) < 4.78 is 0.